The second kappa shape index (κ2) is 8.35. The number of anilines is 1. The maximum Gasteiger partial charge on any atom is 0.280 e. The van der Waals surface area contributed by atoms with Gasteiger partial charge in [0.05, 0.1) is 5.69 Å². The van der Waals surface area contributed by atoms with Crippen LogP contribution in [0, 0.1) is 6.92 Å². The zero-order valence-corrected chi connectivity index (χ0v) is 18.1. The minimum atomic E-state index is -0.764. The first-order valence-electron chi connectivity index (χ1n) is 10.0. The molecule has 0 saturated carbocycles. The molecule has 1 aliphatic rings. The summed E-state index contributed by atoms with van der Waals surface area (Å²) in [4.78, 5) is 18.0. The van der Waals surface area contributed by atoms with E-state index in [-0.39, 0.29) is 5.56 Å². The molecule has 0 amide bonds. The van der Waals surface area contributed by atoms with Crippen LogP contribution in [0.3, 0.4) is 0 Å². The van der Waals surface area contributed by atoms with E-state index in [1.807, 2.05) is 61.5 Å². The maximum atomic E-state index is 13.4. The van der Waals surface area contributed by atoms with Gasteiger partial charge >= 0.3 is 0 Å². The number of nitrogens with zero attached hydrogens (tertiary/aromatic N) is 4. The number of nitrogens with one attached hydrogen (secondary N) is 2. The Morgan fingerprint density at radius 1 is 1.16 bits per heavy atom. The van der Waals surface area contributed by atoms with Gasteiger partial charge in [0.25, 0.3) is 5.56 Å². The zero-order chi connectivity index (χ0) is 22.1. The van der Waals surface area contributed by atoms with Crippen molar-refractivity contribution in [1.82, 2.24) is 25.0 Å². The van der Waals surface area contributed by atoms with Gasteiger partial charge < -0.3 is 10.1 Å². The third kappa shape index (κ3) is 3.56. The van der Waals surface area contributed by atoms with Crippen LogP contribution < -0.4 is 15.6 Å². The number of H-pyrrole nitrogens is 1. The van der Waals surface area contributed by atoms with Crippen molar-refractivity contribution in [2.75, 3.05) is 11.1 Å². The molecule has 0 saturated heterocycles. The second-order valence-corrected chi connectivity index (χ2v) is 8.15. The lowest BCUT2D eigenvalue weighted by Gasteiger charge is -2.17. The molecular formula is C23H20N6O2S. The van der Waals surface area contributed by atoms with E-state index in [0.717, 1.165) is 16.9 Å². The minimum absolute atomic E-state index is 0.199. The van der Waals surface area contributed by atoms with Gasteiger partial charge in [0.2, 0.25) is 17.3 Å². The van der Waals surface area contributed by atoms with Gasteiger partial charge in [0.15, 0.2) is 5.69 Å². The number of hydrogen-bond donors (Lipinski definition) is 2. The van der Waals surface area contributed by atoms with Crippen molar-refractivity contribution in [3.05, 3.63) is 88.9 Å². The number of fused-ring (bicyclic) bond motifs is 3. The van der Waals surface area contributed by atoms with E-state index in [0.29, 0.717) is 33.7 Å². The fraction of sp³-hybridized carbons (Fsp3) is 0.130. The predicted molar refractivity (Wildman–Crippen MR) is 124 cm³/mol. The Morgan fingerprint density at radius 2 is 1.94 bits per heavy atom. The number of benzene rings is 2. The Bertz CT molecular complexity index is 1350. The topological polar surface area (TPSA) is 97.7 Å². The number of para-hydroxylation sites is 2. The van der Waals surface area contributed by atoms with Gasteiger partial charge in [-0.15, -0.1) is 16.8 Å². The SMILES string of the molecule is C=CCSc1nnc2c(n1)O[C@@H](c1c(C)[nH]n(-c3ccccc3)c1=O)Nc1ccccc1-2. The lowest BCUT2D eigenvalue weighted by Crippen LogP contribution is -2.26. The van der Waals surface area contributed by atoms with E-state index in [9.17, 15) is 4.79 Å². The molecule has 0 spiro atoms. The van der Waals surface area contributed by atoms with Crippen LogP contribution in [0.4, 0.5) is 5.69 Å². The van der Waals surface area contributed by atoms with Crippen LogP contribution >= 0.6 is 11.8 Å². The van der Waals surface area contributed by atoms with Gasteiger partial charge in [0.1, 0.15) is 5.56 Å². The van der Waals surface area contributed by atoms with Crippen LogP contribution in [0.25, 0.3) is 16.9 Å². The molecule has 9 heteroatoms. The highest BCUT2D eigenvalue weighted by atomic mass is 32.2. The number of ether oxygens (including phenoxy) is 1. The Hall–Kier alpha value is -3.85. The maximum absolute atomic E-state index is 13.4. The minimum Gasteiger partial charge on any atom is -0.447 e. The molecule has 1 aliphatic heterocycles. The van der Waals surface area contributed by atoms with Gasteiger partial charge in [-0.3, -0.25) is 9.89 Å². The molecule has 4 aromatic rings. The van der Waals surface area contributed by atoms with Crippen molar-refractivity contribution in [2.45, 2.75) is 18.3 Å². The molecule has 5 rings (SSSR count). The van der Waals surface area contributed by atoms with Crippen LogP contribution in [-0.4, -0.2) is 30.7 Å². The molecule has 0 fully saturated rings. The molecule has 160 valence electrons. The molecule has 0 radical (unpaired) electrons. The third-order valence-corrected chi connectivity index (χ3v) is 5.89. The standard InChI is InChI=1S/C23H20N6O2S/c1-3-13-32-23-25-21-19(26-27-23)16-11-7-8-12-17(16)24-20(31-21)18-14(2)28-29(22(18)30)15-9-5-4-6-10-15/h3-12,20,24,28H,1,13H2,2H3/t20-/m0/s1. The highest BCUT2D eigenvalue weighted by Gasteiger charge is 2.30. The number of aryl methyl sites for hydroxylation is 1. The van der Waals surface area contributed by atoms with Crippen molar-refractivity contribution >= 4 is 17.4 Å². The first-order chi connectivity index (χ1) is 15.7. The number of aromatic nitrogens is 5. The molecule has 2 N–H and O–H groups in total. The highest BCUT2D eigenvalue weighted by Crippen LogP contribution is 2.39. The average Bonchev–Trinajstić information content (AvgIpc) is 3.02. The number of thioether (sulfide) groups is 1. The molecule has 3 heterocycles. The second-order valence-electron chi connectivity index (χ2n) is 7.16. The van der Waals surface area contributed by atoms with Crippen LogP contribution in [0.15, 0.2) is 77.2 Å². The summed E-state index contributed by atoms with van der Waals surface area (Å²) < 4.78 is 7.77. The molecule has 32 heavy (non-hydrogen) atoms. The van der Waals surface area contributed by atoms with E-state index >= 15 is 0 Å². The molecule has 0 unspecified atom stereocenters. The highest BCUT2D eigenvalue weighted by molar-refractivity contribution is 7.99. The predicted octanol–water partition coefficient (Wildman–Crippen LogP) is 4.11. The zero-order valence-electron chi connectivity index (χ0n) is 17.3. The molecule has 1 atom stereocenters. The van der Waals surface area contributed by atoms with Crippen molar-refractivity contribution in [1.29, 1.82) is 0 Å². The van der Waals surface area contributed by atoms with Gasteiger partial charge in [0, 0.05) is 22.7 Å². The fourth-order valence-electron chi connectivity index (χ4n) is 3.60. The van der Waals surface area contributed by atoms with Gasteiger partial charge in [-0.2, -0.15) is 4.98 Å². The summed E-state index contributed by atoms with van der Waals surface area (Å²) >= 11 is 1.41. The van der Waals surface area contributed by atoms with Crippen molar-refractivity contribution < 1.29 is 4.74 Å². The smallest absolute Gasteiger partial charge is 0.280 e. The number of aromatic amines is 1. The van der Waals surface area contributed by atoms with Crippen molar-refractivity contribution in [3.63, 3.8) is 0 Å². The Balaban J connectivity index is 1.62. The first-order valence-corrected chi connectivity index (χ1v) is 11.0. The summed E-state index contributed by atoms with van der Waals surface area (Å²) in [6, 6.07) is 17.1. The Labute approximate surface area is 188 Å². The molecule has 8 nitrogen and oxygen atoms in total. The van der Waals surface area contributed by atoms with Gasteiger partial charge in [-0.25, -0.2) is 4.68 Å². The van der Waals surface area contributed by atoms with E-state index in [1.54, 1.807) is 6.08 Å². The molecule has 2 aromatic heterocycles. The van der Waals surface area contributed by atoms with Crippen molar-refractivity contribution in [3.8, 4) is 22.8 Å². The van der Waals surface area contributed by atoms with E-state index in [2.05, 4.69) is 32.2 Å². The summed E-state index contributed by atoms with van der Waals surface area (Å²) in [6.45, 7) is 5.58. The Morgan fingerprint density at radius 3 is 2.75 bits per heavy atom. The summed E-state index contributed by atoms with van der Waals surface area (Å²) in [5, 5.41) is 15.6. The molecule has 0 bridgehead atoms. The first kappa shape index (κ1) is 20.1. The van der Waals surface area contributed by atoms with E-state index in [1.165, 1.54) is 16.4 Å². The van der Waals surface area contributed by atoms with Gasteiger partial charge in [-0.05, 0) is 25.1 Å². The number of rotatable bonds is 5. The molecule has 2 aromatic carbocycles. The molecule has 0 aliphatic carbocycles. The van der Waals surface area contributed by atoms with E-state index in [4.69, 9.17) is 4.74 Å². The summed E-state index contributed by atoms with van der Waals surface area (Å²) in [5.41, 5.74) is 3.82. The summed E-state index contributed by atoms with van der Waals surface area (Å²) in [7, 11) is 0. The third-order valence-electron chi connectivity index (χ3n) is 5.06. The molecular weight excluding hydrogens is 424 g/mol. The quantitative estimate of drug-likeness (QED) is 0.353. The van der Waals surface area contributed by atoms with E-state index < -0.39 is 6.23 Å². The average molecular weight is 445 g/mol. The van der Waals surface area contributed by atoms with Crippen LogP contribution in [0.5, 0.6) is 5.88 Å². The summed E-state index contributed by atoms with van der Waals surface area (Å²) in [6.07, 6.45) is 1.01. The largest absolute Gasteiger partial charge is 0.447 e. The van der Waals surface area contributed by atoms with Crippen LogP contribution in [0.2, 0.25) is 0 Å². The van der Waals surface area contributed by atoms with Gasteiger partial charge in [-0.1, -0.05) is 54.2 Å². The normalized spacial score (nSPS) is 14.5. The monoisotopic (exact) mass is 444 g/mol. The fourth-order valence-corrected chi connectivity index (χ4v) is 4.11. The number of hydrogen-bond acceptors (Lipinski definition) is 7. The van der Waals surface area contributed by atoms with Crippen LogP contribution in [0.1, 0.15) is 17.5 Å². The van der Waals surface area contributed by atoms with Crippen molar-refractivity contribution in [2.24, 2.45) is 0 Å². The summed E-state index contributed by atoms with van der Waals surface area (Å²) in [5.74, 6) is 0.970. The lowest BCUT2D eigenvalue weighted by molar-refractivity contribution is 0.223. The Kier molecular flexibility index (Phi) is 5.24. The lowest BCUT2D eigenvalue weighted by atomic mass is 10.1. The van der Waals surface area contributed by atoms with Crippen LogP contribution in [-0.2, 0) is 0 Å².